The molecule has 18 aromatic rings. The van der Waals surface area contributed by atoms with Gasteiger partial charge < -0.3 is 18.7 Å². The lowest BCUT2D eigenvalue weighted by atomic mass is 10.1. The number of para-hydroxylation sites is 4. The van der Waals surface area contributed by atoms with Crippen molar-refractivity contribution in [2.24, 2.45) is 0 Å². The Morgan fingerprint density at radius 3 is 1.19 bits per heavy atom. The molecule has 18 rings (SSSR count). The molecule has 6 aromatic heterocycles. The first-order chi connectivity index (χ1) is 46.8. The maximum atomic E-state index is 6.24. The van der Waals surface area contributed by atoms with E-state index >= 15 is 0 Å². The quantitative estimate of drug-likeness (QED) is 0.154. The first-order valence-electron chi connectivity index (χ1n) is 31.6. The molecule has 0 fully saturated rings. The fourth-order valence-corrected chi connectivity index (χ4v) is 13.2. The average Bonchev–Trinajstić information content (AvgIpc) is 1.58. The maximum Gasteiger partial charge on any atom is 0.164 e. The molecule has 0 aliphatic rings. The van der Waals surface area contributed by atoms with Crippen LogP contribution in [0.25, 0.3) is 151 Å². The van der Waals surface area contributed by atoms with Crippen LogP contribution in [0.2, 0.25) is 5.02 Å². The minimum atomic E-state index is 0.614. The van der Waals surface area contributed by atoms with Crippen molar-refractivity contribution in [3.8, 4) is 85.4 Å². The maximum absolute atomic E-state index is 6.24. The van der Waals surface area contributed by atoms with Crippen molar-refractivity contribution in [1.29, 1.82) is 0 Å². The third kappa shape index (κ3) is 11.3. The molecular weight excluding hydrogens is 1180 g/mol. The van der Waals surface area contributed by atoms with Gasteiger partial charge in [-0.2, -0.15) is 0 Å². The first kappa shape index (κ1) is 57.8. The van der Waals surface area contributed by atoms with Crippen LogP contribution in [0.4, 0.5) is 0 Å². The number of halogens is 1. The fraction of sp³-hybridized carbons (Fsp3) is 0.0238. The largest absolute Gasteiger partial charge is 0.354 e. The predicted octanol–water partition coefficient (Wildman–Crippen LogP) is 21.3. The molecule has 0 spiro atoms. The zero-order valence-corrected chi connectivity index (χ0v) is 52.7. The summed E-state index contributed by atoms with van der Waals surface area (Å²) in [6, 6.07) is 104. The zero-order valence-electron chi connectivity index (χ0n) is 51.9. The van der Waals surface area contributed by atoms with E-state index in [0.717, 1.165) is 66.9 Å². The average molecular weight is 1240 g/mol. The van der Waals surface area contributed by atoms with Gasteiger partial charge >= 0.3 is 0 Å². The lowest BCUT2D eigenvalue weighted by molar-refractivity contribution is 1.07. The Bertz CT molecular complexity index is 5670. The predicted molar refractivity (Wildman–Crippen MR) is 391 cm³/mol. The first-order valence-corrected chi connectivity index (χ1v) is 32.0. The van der Waals surface area contributed by atoms with Crippen LogP contribution in [0.5, 0.6) is 0 Å². The van der Waals surface area contributed by atoms with Gasteiger partial charge in [0.05, 0.1) is 27.6 Å². The summed E-state index contributed by atoms with van der Waals surface area (Å²) in [6.45, 7) is 4.15. The Morgan fingerprint density at radius 2 is 0.684 bits per heavy atom. The fourth-order valence-electron chi connectivity index (χ4n) is 12.9. The Kier molecular flexibility index (Phi) is 15.2. The highest BCUT2D eigenvalue weighted by molar-refractivity contribution is 6.31. The second-order valence-corrected chi connectivity index (χ2v) is 24.0. The topological polar surface area (TPSA) is 108 Å². The highest BCUT2D eigenvalue weighted by Gasteiger charge is 2.20. The van der Waals surface area contributed by atoms with Gasteiger partial charge in [0.2, 0.25) is 0 Å². The third-order valence-electron chi connectivity index (χ3n) is 17.2. The lowest BCUT2D eigenvalue weighted by Gasteiger charge is -2.13. The molecule has 0 bridgehead atoms. The molecule has 0 amide bonds. The van der Waals surface area contributed by atoms with E-state index < -0.39 is 0 Å². The standard InChI is InChI=1S/C42H29N5.C22H16ClN3.C20H14N2/c1-28-25-31(42-44-40(29-13-5-2-6-14-29)43-41(45-42)30-15-7-3-8-16-30)27-33(26-28)47-38-20-12-11-19-34(38)35-21-22-37-36(39(35)47)23-24-46(37)32-17-9-4-10-18-32;1-15-12-18(14-19(23)13-15)22-25-20(16-8-4-2-5-9-16)24-21(26-22)17-10-6-3-7-11-17;1-2-6-14(7-3-1)22-13-12-17-19(22)11-10-16-15-8-4-5-9-18(15)21-20(16)17/h2-27H,1H3;2-14H,1H3;1-13,21H. The Labute approximate surface area is 553 Å². The molecule has 1 N–H and O–H groups in total. The molecule has 12 aromatic carbocycles. The van der Waals surface area contributed by atoms with Gasteiger partial charge in [-0.1, -0.05) is 218 Å². The number of H-pyrrole nitrogens is 1. The molecule has 6 heterocycles. The number of fused-ring (bicyclic) bond motifs is 10. The van der Waals surface area contributed by atoms with Crippen LogP contribution in [-0.4, -0.2) is 48.6 Å². The summed E-state index contributed by atoms with van der Waals surface area (Å²) >= 11 is 6.24. The van der Waals surface area contributed by atoms with Crippen LogP contribution in [0.1, 0.15) is 11.1 Å². The van der Waals surface area contributed by atoms with Gasteiger partial charge in [-0.3, -0.25) is 0 Å². The summed E-state index contributed by atoms with van der Waals surface area (Å²) in [6.07, 6.45) is 4.31. The van der Waals surface area contributed by atoms with Gasteiger partial charge in [0.15, 0.2) is 34.9 Å². The van der Waals surface area contributed by atoms with E-state index in [1.54, 1.807) is 0 Å². The second-order valence-electron chi connectivity index (χ2n) is 23.5. The van der Waals surface area contributed by atoms with Crippen molar-refractivity contribution in [1.82, 2.24) is 48.6 Å². The molecule has 95 heavy (non-hydrogen) atoms. The zero-order chi connectivity index (χ0) is 63.8. The van der Waals surface area contributed by atoms with E-state index in [-0.39, 0.29) is 0 Å². The van der Waals surface area contributed by atoms with Crippen LogP contribution in [-0.2, 0) is 0 Å². The van der Waals surface area contributed by atoms with Gasteiger partial charge in [0.25, 0.3) is 0 Å². The Hall–Kier alpha value is -12.4. The summed E-state index contributed by atoms with van der Waals surface area (Å²) in [5.74, 6) is 3.85. The Morgan fingerprint density at radius 1 is 0.284 bits per heavy atom. The van der Waals surface area contributed by atoms with Gasteiger partial charge in [-0.05, 0) is 122 Å². The van der Waals surface area contributed by atoms with Crippen molar-refractivity contribution in [3.05, 3.63) is 332 Å². The smallest absolute Gasteiger partial charge is 0.164 e. The van der Waals surface area contributed by atoms with Gasteiger partial charge in [0.1, 0.15) is 0 Å². The molecule has 0 atom stereocenters. The minimum Gasteiger partial charge on any atom is -0.354 e. The minimum absolute atomic E-state index is 0.614. The van der Waals surface area contributed by atoms with Gasteiger partial charge in [0, 0.05) is 106 Å². The number of rotatable bonds is 9. The van der Waals surface area contributed by atoms with E-state index in [2.05, 4.69) is 201 Å². The lowest BCUT2D eigenvalue weighted by Crippen LogP contribution is -2.01. The molecule has 0 aliphatic carbocycles. The number of aromatic nitrogens is 10. The van der Waals surface area contributed by atoms with E-state index in [4.69, 9.17) is 36.5 Å². The molecule has 0 saturated heterocycles. The van der Waals surface area contributed by atoms with Crippen LogP contribution in [0.15, 0.2) is 316 Å². The Balaban J connectivity index is 0.000000124. The van der Waals surface area contributed by atoms with Gasteiger partial charge in [-0.25, -0.2) is 29.9 Å². The molecule has 452 valence electrons. The van der Waals surface area contributed by atoms with Crippen molar-refractivity contribution < 1.29 is 0 Å². The number of aromatic amines is 1. The van der Waals surface area contributed by atoms with Crippen molar-refractivity contribution >= 4 is 77.0 Å². The number of nitrogens with one attached hydrogen (secondary N) is 1. The summed E-state index contributed by atoms with van der Waals surface area (Å²) in [5.41, 5.74) is 18.4. The van der Waals surface area contributed by atoms with Crippen molar-refractivity contribution in [3.63, 3.8) is 0 Å². The third-order valence-corrected chi connectivity index (χ3v) is 17.4. The molecule has 11 heteroatoms. The molecule has 0 radical (unpaired) electrons. The summed E-state index contributed by atoms with van der Waals surface area (Å²) in [5, 5.41) is 8.14. The van der Waals surface area contributed by atoms with E-state index in [0.29, 0.717) is 40.0 Å². The summed E-state index contributed by atoms with van der Waals surface area (Å²) in [7, 11) is 0. The molecule has 0 saturated carbocycles. The summed E-state index contributed by atoms with van der Waals surface area (Å²) < 4.78 is 6.90. The highest BCUT2D eigenvalue weighted by atomic mass is 35.5. The number of hydrogen-bond donors (Lipinski definition) is 1. The molecule has 0 unspecified atom stereocenters. The molecular formula is C84H59ClN10. The van der Waals surface area contributed by atoms with Crippen molar-refractivity contribution in [2.75, 3.05) is 0 Å². The normalized spacial score (nSPS) is 11.3. The number of hydrogen-bond acceptors (Lipinski definition) is 6. The van der Waals surface area contributed by atoms with Gasteiger partial charge in [-0.15, -0.1) is 0 Å². The molecule has 0 aliphatic heterocycles. The van der Waals surface area contributed by atoms with Crippen LogP contribution in [0.3, 0.4) is 0 Å². The monoisotopic (exact) mass is 1240 g/mol. The SMILES string of the molecule is Cc1cc(-c2nc(-c3ccccc3)nc(-c3ccccc3)n2)cc(-n2c3ccccc3c3ccc4c(ccn4-c4ccccc4)c32)c1.Cc1cc(Cl)cc(-c2nc(-c3ccccc3)nc(-c3ccccc3)n2)c1.c1ccc(-n2ccc3c4[nH]c5ccccc5c4ccc32)cc1. The van der Waals surface area contributed by atoms with Crippen LogP contribution in [0, 0.1) is 13.8 Å². The number of aryl methyl sites for hydroxylation is 2. The molecule has 10 nitrogen and oxygen atoms in total. The van der Waals surface area contributed by atoms with E-state index in [1.165, 1.54) is 60.1 Å². The number of benzene rings is 12. The van der Waals surface area contributed by atoms with Crippen LogP contribution < -0.4 is 0 Å². The van der Waals surface area contributed by atoms with E-state index in [1.807, 2.05) is 153 Å². The second kappa shape index (κ2) is 25.0. The van der Waals surface area contributed by atoms with Crippen LogP contribution >= 0.6 is 11.6 Å². The van der Waals surface area contributed by atoms with Crippen molar-refractivity contribution in [2.45, 2.75) is 13.8 Å². The number of nitrogens with zero attached hydrogens (tertiary/aromatic N) is 9. The highest BCUT2D eigenvalue weighted by Crippen LogP contribution is 2.40. The summed E-state index contributed by atoms with van der Waals surface area (Å²) in [4.78, 5) is 32.6. The van der Waals surface area contributed by atoms with E-state index in [9.17, 15) is 0 Å².